The summed E-state index contributed by atoms with van der Waals surface area (Å²) in [6, 6.07) is 8.57. The summed E-state index contributed by atoms with van der Waals surface area (Å²) >= 11 is 0. The Hall–Kier alpha value is -4.27. The lowest BCUT2D eigenvalue weighted by molar-refractivity contribution is -0.142. The summed E-state index contributed by atoms with van der Waals surface area (Å²) in [4.78, 5) is 17.6. The quantitative estimate of drug-likeness (QED) is 0.237. The first-order valence-corrected chi connectivity index (χ1v) is 13.0. The van der Waals surface area contributed by atoms with Gasteiger partial charge in [0.05, 0.1) is 18.5 Å². The number of esters is 1. The fraction of sp³-hybridized carbons (Fsp3) is 0.391. The minimum absolute atomic E-state index is 0.152. The molecule has 0 bridgehead atoms. The number of hydrogen-bond donors (Lipinski definition) is 2. The first kappa shape index (κ1) is 29.0. The molecule has 0 fully saturated rings. The number of benzene rings is 1. The van der Waals surface area contributed by atoms with Crippen LogP contribution in [0.4, 0.5) is 23.0 Å². The standard InChI is InChI=1S/C23H28N8O5S/c1-6-30(7-2)16-8-9-18(19(10-16)29-37(5,34)35)27-28-23-26-20(11-24)21(12-25)31(23)13-17(32)14-36-22(33)15(3)4/h8-10,17,29,32H,3,6-7,13-14H2,1-2,4-5H3. The fourth-order valence-electron chi connectivity index (χ4n) is 3.22. The Labute approximate surface area is 215 Å². The minimum Gasteiger partial charge on any atom is -0.460 e. The van der Waals surface area contributed by atoms with E-state index in [9.17, 15) is 28.8 Å². The molecule has 2 aromatic rings. The van der Waals surface area contributed by atoms with Crippen LogP contribution in [0, 0.1) is 22.7 Å². The zero-order valence-corrected chi connectivity index (χ0v) is 21.8. The molecule has 0 aliphatic rings. The van der Waals surface area contributed by atoms with E-state index in [0.717, 1.165) is 16.5 Å². The molecule has 0 aliphatic carbocycles. The van der Waals surface area contributed by atoms with Gasteiger partial charge in [-0.3, -0.25) is 9.29 Å². The van der Waals surface area contributed by atoms with Crippen molar-refractivity contribution in [2.75, 3.05) is 35.6 Å². The van der Waals surface area contributed by atoms with Crippen molar-refractivity contribution in [3.8, 4) is 12.1 Å². The number of sulfonamides is 1. The molecule has 0 radical (unpaired) electrons. The summed E-state index contributed by atoms with van der Waals surface area (Å²) in [5.41, 5.74) is 0.828. The number of hydrogen-bond acceptors (Lipinski definition) is 11. The van der Waals surface area contributed by atoms with Crippen LogP contribution in [0.2, 0.25) is 0 Å². The number of azo groups is 1. The number of nitriles is 2. The molecule has 37 heavy (non-hydrogen) atoms. The predicted octanol–water partition coefficient (Wildman–Crippen LogP) is 2.74. The molecule has 0 saturated carbocycles. The van der Waals surface area contributed by atoms with E-state index in [2.05, 4.69) is 26.5 Å². The van der Waals surface area contributed by atoms with Gasteiger partial charge >= 0.3 is 5.97 Å². The number of anilines is 2. The molecule has 0 spiro atoms. The van der Waals surface area contributed by atoms with Crippen LogP contribution in [0.25, 0.3) is 0 Å². The number of ether oxygens (including phenoxy) is 1. The smallest absolute Gasteiger partial charge is 0.333 e. The highest BCUT2D eigenvalue weighted by Gasteiger charge is 2.21. The van der Waals surface area contributed by atoms with Crippen molar-refractivity contribution in [2.45, 2.75) is 33.4 Å². The van der Waals surface area contributed by atoms with Crippen molar-refractivity contribution in [2.24, 2.45) is 10.2 Å². The highest BCUT2D eigenvalue weighted by Crippen LogP contribution is 2.32. The molecule has 196 valence electrons. The SMILES string of the molecule is C=C(C)C(=O)OCC(O)Cn1c(N=Nc2ccc(N(CC)CC)cc2NS(C)(=O)=O)nc(C#N)c1C#N. The van der Waals surface area contributed by atoms with Crippen molar-refractivity contribution in [3.05, 3.63) is 41.7 Å². The summed E-state index contributed by atoms with van der Waals surface area (Å²) in [7, 11) is -3.65. The fourth-order valence-corrected chi connectivity index (χ4v) is 3.78. The maximum absolute atomic E-state index is 11.9. The molecule has 1 aromatic carbocycles. The van der Waals surface area contributed by atoms with Crippen LogP contribution in [0.5, 0.6) is 0 Å². The van der Waals surface area contributed by atoms with E-state index in [0.29, 0.717) is 13.1 Å². The van der Waals surface area contributed by atoms with Gasteiger partial charge in [0.2, 0.25) is 10.0 Å². The number of aromatic nitrogens is 2. The zero-order chi connectivity index (χ0) is 27.8. The molecular weight excluding hydrogens is 500 g/mol. The summed E-state index contributed by atoms with van der Waals surface area (Å²) in [5, 5.41) is 37.4. The van der Waals surface area contributed by atoms with Crippen molar-refractivity contribution >= 4 is 39.0 Å². The maximum atomic E-state index is 11.9. The molecule has 13 nitrogen and oxygen atoms in total. The van der Waals surface area contributed by atoms with E-state index in [1.807, 2.05) is 24.8 Å². The Bertz CT molecular complexity index is 1380. The normalized spacial score (nSPS) is 12.0. The van der Waals surface area contributed by atoms with E-state index < -0.39 is 28.7 Å². The second kappa shape index (κ2) is 12.6. The highest BCUT2D eigenvalue weighted by molar-refractivity contribution is 7.92. The van der Waals surface area contributed by atoms with E-state index in [4.69, 9.17) is 4.74 Å². The highest BCUT2D eigenvalue weighted by atomic mass is 32.2. The van der Waals surface area contributed by atoms with Crippen LogP contribution < -0.4 is 9.62 Å². The van der Waals surface area contributed by atoms with Gasteiger partial charge in [-0.05, 0) is 39.0 Å². The van der Waals surface area contributed by atoms with Crippen LogP contribution in [0.3, 0.4) is 0 Å². The largest absolute Gasteiger partial charge is 0.460 e. The Kier molecular flexibility index (Phi) is 9.88. The van der Waals surface area contributed by atoms with Gasteiger partial charge in [-0.15, -0.1) is 10.2 Å². The molecular formula is C23H28N8O5S. The minimum atomic E-state index is -3.65. The number of aliphatic hydroxyl groups excluding tert-OH is 1. The van der Waals surface area contributed by atoms with Crippen molar-refractivity contribution in [1.29, 1.82) is 10.5 Å². The Morgan fingerprint density at radius 1 is 1.30 bits per heavy atom. The van der Waals surface area contributed by atoms with E-state index in [1.54, 1.807) is 24.3 Å². The first-order chi connectivity index (χ1) is 17.4. The van der Waals surface area contributed by atoms with Crippen LogP contribution >= 0.6 is 0 Å². The third-order valence-electron chi connectivity index (χ3n) is 4.96. The number of nitrogens with zero attached hydrogens (tertiary/aromatic N) is 7. The monoisotopic (exact) mass is 528 g/mol. The number of rotatable bonds is 12. The van der Waals surface area contributed by atoms with Gasteiger partial charge in [0.15, 0.2) is 11.4 Å². The third kappa shape index (κ3) is 7.86. The number of nitrogens with one attached hydrogen (secondary N) is 1. The average Bonchev–Trinajstić information content (AvgIpc) is 3.17. The first-order valence-electron chi connectivity index (χ1n) is 11.1. The van der Waals surface area contributed by atoms with Gasteiger partial charge in [-0.2, -0.15) is 15.5 Å². The molecule has 14 heteroatoms. The van der Waals surface area contributed by atoms with Gasteiger partial charge < -0.3 is 14.7 Å². The molecule has 0 saturated heterocycles. The van der Waals surface area contributed by atoms with Crippen molar-refractivity contribution < 1.29 is 23.1 Å². The van der Waals surface area contributed by atoms with Gasteiger partial charge in [0.1, 0.15) is 30.5 Å². The van der Waals surface area contributed by atoms with Crippen LogP contribution in [-0.4, -0.2) is 61.1 Å². The summed E-state index contributed by atoms with van der Waals surface area (Å²) in [5.74, 6) is -0.877. The average molecular weight is 529 g/mol. The van der Waals surface area contributed by atoms with Crippen LogP contribution in [-0.2, 0) is 26.1 Å². The molecule has 1 unspecified atom stereocenters. The lowest BCUT2D eigenvalue weighted by Gasteiger charge is -2.22. The second-order valence-corrected chi connectivity index (χ2v) is 9.67. The lowest BCUT2D eigenvalue weighted by atomic mass is 10.2. The van der Waals surface area contributed by atoms with Crippen LogP contribution in [0.1, 0.15) is 32.2 Å². The number of carbonyl (C=O) groups is 1. The van der Waals surface area contributed by atoms with Gasteiger partial charge in [-0.1, -0.05) is 6.58 Å². The molecule has 0 amide bonds. The third-order valence-corrected chi connectivity index (χ3v) is 5.55. The van der Waals surface area contributed by atoms with Crippen LogP contribution in [0.15, 0.2) is 40.6 Å². The Morgan fingerprint density at radius 3 is 2.51 bits per heavy atom. The van der Waals surface area contributed by atoms with Gasteiger partial charge in [-0.25, -0.2) is 13.2 Å². The molecule has 1 atom stereocenters. The Balaban J connectivity index is 2.47. The van der Waals surface area contributed by atoms with E-state index in [1.165, 1.54) is 6.92 Å². The molecule has 2 rings (SSSR count). The molecule has 1 heterocycles. The summed E-state index contributed by atoms with van der Waals surface area (Å²) < 4.78 is 32.4. The molecule has 0 aliphatic heterocycles. The van der Waals surface area contributed by atoms with Gasteiger partial charge in [0.25, 0.3) is 5.95 Å². The topological polar surface area (TPSA) is 186 Å². The molecule has 1 aromatic heterocycles. The lowest BCUT2D eigenvalue weighted by Crippen LogP contribution is -2.24. The second-order valence-electron chi connectivity index (χ2n) is 7.92. The predicted molar refractivity (Wildman–Crippen MR) is 136 cm³/mol. The number of imidazole rings is 1. The number of carbonyl (C=O) groups excluding carboxylic acids is 1. The van der Waals surface area contributed by atoms with Gasteiger partial charge in [0, 0.05) is 24.4 Å². The zero-order valence-electron chi connectivity index (χ0n) is 21.0. The van der Waals surface area contributed by atoms with E-state index in [-0.39, 0.29) is 40.8 Å². The van der Waals surface area contributed by atoms with Crippen molar-refractivity contribution in [1.82, 2.24) is 9.55 Å². The Morgan fingerprint density at radius 2 is 1.97 bits per heavy atom. The summed E-state index contributed by atoms with van der Waals surface area (Å²) in [6.45, 7) is 9.56. The molecule has 2 N–H and O–H groups in total. The van der Waals surface area contributed by atoms with E-state index >= 15 is 0 Å². The summed E-state index contributed by atoms with van der Waals surface area (Å²) in [6.07, 6.45) is -0.258. The maximum Gasteiger partial charge on any atom is 0.333 e. The number of aliphatic hydroxyl groups is 1. The van der Waals surface area contributed by atoms with Crippen molar-refractivity contribution in [3.63, 3.8) is 0 Å².